The molecule has 0 bridgehead atoms. The highest BCUT2D eigenvalue weighted by atomic mass is 16.5. The van der Waals surface area contributed by atoms with E-state index in [-0.39, 0.29) is 0 Å². The van der Waals surface area contributed by atoms with Crippen molar-refractivity contribution in [1.29, 1.82) is 0 Å². The van der Waals surface area contributed by atoms with Gasteiger partial charge >= 0.3 is 0 Å². The third-order valence-corrected chi connectivity index (χ3v) is 5.35. The Kier molecular flexibility index (Phi) is 8.84. The molecule has 2 aromatic carbocycles. The standard InChI is InChI=1S/C24H34N4O3/c1-25-24(27-20-8-6-9-21(16-20)31-15-7-14-29-2)26-17-19-12-13-28(18-19)22-10-4-5-11-23(22)30-3/h4-6,8-11,16,19H,7,12-15,17-18H2,1-3H3,(H2,25,26,27). The van der Waals surface area contributed by atoms with Crippen molar-refractivity contribution in [2.45, 2.75) is 12.8 Å². The van der Waals surface area contributed by atoms with Gasteiger partial charge in [0, 0.05) is 58.6 Å². The fraction of sp³-hybridized carbons (Fsp3) is 0.458. The Balaban J connectivity index is 1.48. The maximum Gasteiger partial charge on any atom is 0.195 e. The number of aliphatic imine (C=N–C) groups is 1. The largest absolute Gasteiger partial charge is 0.495 e. The quantitative estimate of drug-likeness (QED) is 0.344. The molecule has 7 nitrogen and oxygen atoms in total. The maximum atomic E-state index is 5.78. The van der Waals surface area contributed by atoms with E-state index in [1.54, 1.807) is 21.3 Å². The summed E-state index contributed by atoms with van der Waals surface area (Å²) < 4.78 is 16.4. The number of benzene rings is 2. The van der Waals surface area contributed by atoms with E-state index in [0.717, 1.165) is 61.3 Å². The molecule has 2 N–H and O–H groups in total. The van der Waals surface area contributed by atoms with Crippen LogP contribution in [0.2, 0.25) is 0 Å². The van der Waals surface area contributed by atoms with Crippen molar-refractivity contribution >= 4 is 17.3 Å². The third kappa shape index (κ3) is 6.79. The molecule has 2 aromatic rings. The summed E-state index contributed by atoms with van der Waals surface area (Å²) in [7, 11) is 5.21. The molecule has 3 rings (SSSR count). The SMILES string of the molecule is CN=C(NCC1CCN(c2ccccc2OC)C1)Nc1cccc(OCCCOC)c1. The molecule has 1 fully saturated rings. The number of nitrogens with one attached hydrogen (secondary N) is 2. The zero-order chi connectivity index (χ0) is 21.9. The van der Waals surface area contributed by atoms with Crippen molar-refractivity contribution in [3.05, 3.63) is 48.5 Å². The van der Waals surface area contributed by atoms with Gasteiger partial charge in [-0.3, -0.25) is 4.99 Å². The summed E-state index contributed by atoms with van der Waals surface area (Å²) in [6.45, 7) is 4.22. The molecule has 0 aromatic heterocycles. The number of ether oxygens (including phenoxy) is 3. The Labute approximate surface area is 185 Å². The molecule has 0 radical (unpaired) electrons. The molecule has 1 atom stereocenters. The van der Waals surface area contributed by atoms with E-state index in [1.807, 2.05) is 36.4 Å². The van der Waals surface area contributed by atoms with Crippen LogP contribution in [0.4, 0.5) is 11.4 Å². The molecule has 1 aliphatic heterocycles. The van der Waals surface area contributed by atoms with Crippen LogP contribution in [-0.4, -0.2) is 60.1 Å². The number of nitrogens with zero attached hydrogens (tertiary/aromatic N) is 2. The van der Waals surface area contributed by atoms with Gasteiger partial charge in [0.1, 0.15) is 11.5 Å². The summed E-state index contributed by atoms with van der Waals surface area (Å²) in [6, 6.07) is 16.1. The van der Waals surface area contributed by atoms with Gasteiger partial charge in [-0.1, -0.05) is 18.2 Å². The van der Waals surface area contributed by atoms with Crippen molar-refractivity contribution < 1.29 is 14.2 Å². The van der Waals surface area contributed by atoms with Gasteiger partial charge in [0.05, 0.1) is 19.4 Å². The highest BCUT2D eigenvalue weighted by Gasteiger charge is 2.24. The first-order valence-corrected chi connectivity index (χ1v) is 10.8. The zero-order valence-corrected chi connectivity index (χ0v) is 18.8. The van der Waals surface area contributed by atoms with E-state index < -0.39 is 0 Å². The second-order valence-corrected chi connectivity index (χ2v) is 7.57. The van der Waals surface area contributed by atoms with Gasteiger partial charge in [0.25, 0.3) is 0 Å². The van der Waals surface area contributed by atoms with Crippen molar-refractivity contribution in [3.8, 4) is 11.5 Å². The Bertz CT molecular complexity index is 843. The number of anilines is 2. The fourth-order valence-electron chi connectivity index (χ4n) is 3.72. The van der Waals surface area contributed by atoms with E-state index in [4.69, 9.17) is 14.2 Å². The van der Waals surface area contributed by atoms with Gasteiger partial charge in [-0.05, 0) is 36.6 Å². The average molecular weight is 427 g/mol. The molecule has 0 spiro atoms. The lowest BCUT2D eigenvalue weighted by Gasteiger charge is -2.21. The molecule has 0 aliphatic carbocycles. The Morgan fingerprint density at radius 3 is 2.81 bits per heavy atom. The van der Waals surface area contributed by atoms with Crippen molar-refractivity contribution in [1.82, 2.24) is 5.32 Å². The van der Waals surface area contributed by atoms with Crippen LogP contribution in [0.1, 0.15) is 12.8 Å². The van der Waals surface area contributed by atoms with E-state index in [9.17, 15) is 0 Å². The summed E-state index contributed by atoms with van der Waals surface area (Å²) in [5, 5.41) is 6.82. The predicted molar refractivity (Wildman–Crippen MR) is 127 cm³/mol. The predicted octanol–water partition coefficient (Wildman–Crippen LogP) is 3.62. The molecule has 31 heavy (non-hydrogen) atoms. The van der Waals surface area contributed by atoms with Crippen LogP contribution >= 0.6 is 0 Å². The molecular weight excluding hydrogens is 392 g/mol. The minimum absolute atomic E-state index is 0.541. The normalized spacial score (nSPS) is 16.3. The van der Waals surface area contributed by atoms with Crippen LogP contribution < -0.4 is 25.0 Å². The lowest BCUT2D eigenvalue weighted by Crippen LogP contribution is -2.35. The van der Waals surface area contributed by atoms with Gasteiger partial charge < -0.3 is 29.7 Å². The van der Waals surface area contributed by atoms with Crippen molar-refractivity contribution in [3.63, 3.8) is 0 Å². The summed E-state index contributed by atoms with van der Waals surface area (Å²) >= 11 is 0. The number of methoxy groups -OCH3 is 2. The smallest absolute Gasteiger partial charge is 0.195 e. The number of para-hydroxylation sites is 2. The molecule has 7 heteroatoms. The monoisotopic (exact) mass is 426 g/mol. The lowest BCUT2D eigenvalue weighted by molar-refractivity contribution is 0.172. The van der Waals surface area contributed by atoms with Crippen LogP contribution in [0.3, 0.4) is 0 Å². The summed E-state index contributed by atoms with van der Waals surface area (Å²) in [4.78, 5) is 6.76. The molecule has 1 heterocycles. The molecule has 0 amide bonds. The minimum atomic E-state index is 0.541. The van der Waals surface area contributed by atoms with Crippen LogP contribution in [0.15, 0.2) is 53.5 Å². The molecule has 1 aliphatic rings. The number of rotatable bonds is 10. The Hall–Kier alpha value is -2.93. The van der Waals surface area contributed by atoms with Gasteiger partial charge in [0.15, 0.2) is 5.96 Å². The van der Waals surface area contributed by atoms with E-state index in [2.05, 4.69) is 32.7 Å². The average Bonchev–Trinajstić information content (AvgIpc) is 3.28. The van der Waals surface area contributed by atoms with Gasteiger partial charge in [0.2, 0.25) is 0 Å². The van der Waals surface area contributed by atoms with Crippen LogP contribution in [0, 0.1) is 5.92 Å². The van der Waals surface area contributed by atoms with Gasteiger partial charge in [-0.2, -0.15) is 0 Å². The number of guanidine groups is 1. The van der Waals surface area contributed by atoms with Crippen LogP contribution in [-0.2, 0) is 4.74 Å². The van der Waals surface area contributed by atoms with Crippen molar-refractivity contribution in [2.24, 2.45) is 10.9 Å². The van der Waals surface area contributed by atoms with E-state index in [0.29, 0.717) is 19.1 Å². The summed E-state index contributed by atoms with van der Waals surface area (Å²) in [5.74, 6) is 3.06. The summed E-state index contributed by atoms with van der Waals surface area (Å²) in [6.07, 6.45) is 2.00. The van der Waals surface area contributed by atoms with Crippen molar-refractivity contribution in [2.75, 3.05) is 64.3 Å². The number of hydrogen-bond acceptors (Lipinski definition) is 5. The second kappa shape index (κ2) is 12.1. The minimum Gasteiger partial charge on any atom is -0.495 e. The summed E-state index contributed by atoms with van der Waals surface area (Å²) in [5.41, 5.74) is 2.11. The molecule has 1 saturated heterocycles. The highest BCUT2D eigenvalue weighted by Crippen LogP contribution is 2.31. The Morgan fingerprint density at radius 2 is 2.00 bits per heavy atom. The number of hydrogen-bond donors (Lipinski definition) is 2. The van der Waals surface area contributed by atoms with Gasteiger partial charge in [-0.15, -0.1) is 0 Å². The topological polar surface area (TPSA) is 67.4 Å². The van der Waals surface area contributed by atoms with Crippen LogP contribution in [0.5, 0.6) is 11.5 Å². The van der Waals surface area contributed by atoms with E-state index >= 15 is 0 Å². The van der Waals surface area contributed by atoms with Gasteiger partial charge in [-0.25, -0.2) is 0 Å². The fourth-order valence-corrected chi connectivity index (χ4v) is 3.72. The van der Waals surface area contributed by atoms with E-state index in [1.165, 1.54) is 0 Å². The molecule has 0 saturated carbocycles. The molecule has 168 valence electrons. The zero-order valence-electron chi connectivity index (χ0n) is 18.8. The molecular formula is C24H34N4O3. The highest BCUT2D eigenvalue weighted by molar-refractivity contribution is 5.93. The Morgan fingerprint density at radius 1 is 1.13 bits per heavy atom. The second-order valence-electron chi connectivity index (χ2n) is 7.57. The lowest BCUT2D eigenvalue weighted by atomic mass is 10.1. The first-order chi connectivity index (χ1) is 15.2. The van der Waals surface area contributed by atoms with Crippen LogP contribution in [0.25, 0.3) is 0 Å². The molecule has 1 unspecified atom stereocenters. The third-order valence-electron chi connectivity index (χ3n) is 5.35. The maximum absolute atomic E-state index is 5.78. The first kappa shape index (κ1) is 22.7. The first-order valence-electron chi connectivity index (χ1n) is 10.8.